The highest BCUT2D eigenvalue weighted by atomic mass is 32.2. The summed E-state index contributed by atoms with van der Waals surface area (Å²) in [5, 5.41) is 21.2. The molecular weight excluding hydrogens is 258 g/mol. The molecule has 0 aliphatic heterocycles. The lowest BCUT2D eigenvalue weighted by atomic mass is 10.2. The molecule has 2 heterocycles. The number of rotatable bonds is 5. The van der Waals surface area contributed by atoms with Crippen molar-refractivity contribution in [2.45, 2.75) is 24.6 Å². The van der Waals surface area contributed by atoms with Gasteiger partial charge in [0.1, 0.15) is 0 Å². The maximum Gasteiger partial charge on any atom is 0.258 e. The summed E-state index contributed by atoms with van der Waals surface area (Å²) in [6, 6.07) is -0.441. The third kappa shape index (κ3) is 2.42. The predicted octanol–water partition coefficient (Wildman–Crippen LogP) is -0.335. The predicted molar refractivity (Wildman–Crippen MR) is 61.8 cm³/mol. The average molecular weight is 271 g/mol. The van der Waals surface area contributed by atoms with E-state index < -0.39 is 22.7 Å². The number of aromatic amines is 2. The highest BCUT2D eigenvalue weighted by Gasteiger charge is 2.23. The fraction of sp³-hybridized carbons (Fsp3) is 0.333. The first-order valence-electron chi connectivity index (χ1n) is 5.18. The zero-order chi connectivity index (χ0) is 13.2. The van der Waals surface area contributed by atoms with E-state index in [1.54, 1.807) is 13.1 Å². The van der Waals surface area contributed by atoms with Gasteiger partial charge in [-0.2, -0.15) is 10.2 Å². The molecule has 1 atom stereocenters. The van der Waals surface area contributed by atoms with E-state index in [0.29, 0.717) is 5.56 Å². The Hall–Kier alpha value is -1.71. The van der Waals surface area contributed by atoms with E-state index in [0.717, 1.165) is 0 Å². The number of sulfonamides is 1. The molecule has 9 heteroatoms. The molecule has 0 spiro atoms. The number of hydrogen-bond acceptors (Lipinski definition) is 5. The van der Waals surface area contributed by atoms with E-state index in [4.69, 9.17) is 5.11 Å². The van der Waals surface area contributed by atoms with Crippen LogP contribution in [0.1, 0.15) is 24.1 Å². The topological polar surface area (TPSA) is 124 Å². The molecule has 0 aromatic carbocycles. The molecule has 1 unspecified atom stereocenters. The van der Waals surface area contributed by atoms with Crippen molar-refractivity contribution >= 4 is 10.0 Å². The Morgan fingerprint density at radius 3 is 2.83 bits per heavy atom. The summed E-state index contributed by atoms with van der Waals surface area (Å²) in [7, 11) is -3.75. The first-order valence-corrected chi connectivity index (χ1v) is 6.67. The van der Waals surface area contributed by atoms with Crippen LogP contribution in [-0.2, 0) is 16.6 Å². The molecule has 18 heavy (non-hydrogen) atoms. The number of nitrogens with zero attached hydrogens (tertiary/aromatic N) is 2. The van der Waals surface area contributed by atoms with Crippen LogP contribution < -0.4 is 4.72 Å². The molecule has 0 saturated heterocycles. The van der Waals surface area contributed by atoms with Crippen LogP contribution in [0.15, 0.2) is 23.6 Å². The number of aliphatic hydroxyl groups excluding tert-OH is 1. The van der Waals surface area contributed by atoms with Crippen molar-refractivity contribution in [3.8, 4) is 0 Å². The first-order chi connectivity index (χ1) is 8.54. The Morgan fingerprint density at radius 2 is 2.22 bits per heavy atom. The van der Waals surface area contributed by atoms with Crippen molar-refractivity contribution in [2.75, 3.05) is 0 Å². The Kier molecular flexibility index (Phi) is 3.45. The van der Waals surface area contributed by atoms with Crippen LogP contribution in [0.2, 0.25) is 0 Å². The highest BCUT2D eigenvalue weighted by Crippen LogP contribution is 2.16. The molecule has 0 amide bonds. The van der Waals surface area contributed by atoms with E-state index in [9.17, 15) is 8.42 Å². The van der Waals surface area contributed by atoms with Crippen molar-refractivity contribution in [1.82, 2.24) is 25.1 Å². The second kappa shape index (κ2) is 4.88. The molecule has 0 fully saturated rings. The van der Waals surface area contributed by atoms with Gasteiger partial charge in [0, 0.05) is 23.4 Å². The number of aliphatic hydroxyl groups is 1. The van der Waals surface area contributed by atoms with Gasteiger partial charge in [0.2, 0.25) is 0 Å². The van der Waals surface area contributed by atoms with Crippen LogP contribution in [-0.4, -0.2) is 33.9 Å². The van der Waals surface area contributed by atoms with Gasteiger partial charge in [-0.15, -0.1) is 0 Å². The smallest absolute Gasteiger partial charge is 0.258 e. The monoisotopic (exact) mass is 271 g/mol. The molecule has 8 nitrogen and oxygen atoms in total. The summed E-state index contributed by atoms with van der Waals surface area (Å²) in [5.74, 6) is 0. The van der Waals surface area contributed by atoms with Crippen LogP contribution in [0.5, 0.6) is 0 Å². The zero-order valence-electron chi connectivity index (χ0n) is 9.58. The van der Waals surface area contributed by atoms with Gasteiger partial charge < -0.3 is 5.11 Å². The quantitative estimate of drug-likeness (QED) is 0.592. The van der Waals surface area contributed by atoms with Crippen molar-refractivity contribution in [1.29, 1.82) is 0 Å². The summed E-state index contributed by atoms with van der Waals surface area (Å²) in [6.45, 7) is 1.30. The molecule has 98 valence electrons. The van der Waals surface area contributed by atoms with Crippen molar-refractivity contribution in [3.05, 3.63) is 29.7 Å². The Labute approximate surface area is 103 Å². The lowest BCUT2D eigenvalue weighted by molar-refractivity contribution is 0.278. The fourth-order valence-electron chi connectivity index (χ4n) is 1.50. The molecule has 4 N–H and O–H groups in total. The van der Waals surface area contributed by atoms with Gasteiger partial charge in [0.15, 0.2) is 5.03 Å². The minimum absolute atomic E-state index is 0.125. The van der Waals surface area contributed by atoms with Crippen LogP contribution in [0.3, 0.4) is 0 Å². The second-order valence-corrected chi connectivity index (χ2v) is 5.41. The van der Waals surface area contributed by atoms with Gasteiger partial charge in [0.25, 0.3) is 10.0 Å². The first kappa shape index (κ1) is 12.7. The van der Waals surface area contributed by atoms with E-state index in [1.165, 1.54) is 12.4 Å². The standard InChI is InChI=1S/C9H13N5O3S/c1-6(7-2-10-11-3-7)14-18(16,17)9-8(5-15)4-12-13-9/h2-4,6,14-15H,5H2,1H3,(H,10,11)(H,12,13). The zero-order valence-corrected chi connectivity index (χ0v) is 10.4. The van der Waals surface area contributed by atoms with E-state index >= 15 is 0 Å². The maximum absolute atomic E-state index is 12.1. The SMILES string of the molecule is CC(NS(=O)(=O)c1[nH]ncc1CO)c1cn[nH]c1. The van der Waals surface area contributed by atoms with E-state index in [2.05, 4.69) is 25.1 Å². The molecule has 2 aromatic rings. The molecule has 0 bridgehead atoms. The number of hydrogen-bond donors (Lipinski definition) is 4. The van der Waals surface area contributed by atoms with Crippen LogP contribution in [0.4, 0.5) is 0 Å². The summed E-state index contributed by atoms with van der Waals surface area (Å²) in [4.78, 5) is 0. The molecule has 0 aliphatic carbocycles. The normalized spacial score (nSPS) is 13.7. The van der Waals surface area contributed by atoms with Crippen molar-refractivity contribution < 1.29 is 13.5 Å². The van der Waals surface area contributed by atoms with Crippen LogP contribution in [0.25, 0.3) is 0 Å². The molecule has 2 rings (SSSR count). The van der Waals surface area contributed by atoms with Crippen molar-refractivity contribution in [3.63, 3.8) is 0 Å². The largest absolute Gasteiger partial charge is 0.392 e. The molecule has 0 radical (unpaired) electrons. The molecule has 0 aliphatic rings. The lowest BCUT2D eigenvalue weighted by Crippen LogP contribution is -2.27. The van der Waals surface area contributed by atoms with Gasteiger partial charge in [0.05, 0.1) is 19.0 Å². The van der Waals surface area contributed by atoms with Crippen LogP contribution >= 0.6 is 0 Å². The van der Waals surface area contributed by atoms with Crippen molar-refractivity contribution in [2.24, 2.45) is 0 Å². The molecular formula is C9H13N5O3S. The molecule has 0 saturated carbocycles. The maximum atomic E-state index is 12.1. The third-order valence-electron chi connectivity index (χ3n) is 2.47. The Morgan fingerprint density at radius 1 is 1.44 bits per heavy atom. The summed E-state index contributed by atoms with van der Waals surface area (Å²) in [6.07, 6.45) is 4.41. The summed E-state index contributed by atoms with van der Waals surface area (Å²) >= 11 is 0. The fourth-order valence-corrected chi connectivity index (χ4v) is 2.86. The van der Waals surface area contributed by atoms with Gasteiger partial charge in [-0.3, -0.25) is 10.2 Å². The summed E-state index contributed by atoms with van der Waals surface area (Å²) < 4.78 is 26.6. The van der Waals surface area contributed by atoms with Gasteiger partial charge in [-0.05, 0) is 6.92 Å². The number of nitrogens with one attached hydrogen (secondary N) is 3. The summed E-state index contributed by atoms with van der Waals surface area (Å²) in [5.41, 5.74) is 0.936. The number of H-pyrrole nitrogens is 2. The van der Waals surface area contributed by atoms with E-state index in [1.807, 2.05) is 0 Å². The Balaban J connectivity index is 2.23. The minimum Gasteiger partial charge on any atom is -0.392 e. The number of aromatic nitrogens is 4. The van der Waals surface area contributed by atoms with E-state index in [-0.39, 0.29) is 10.6 Å². The second-order valence-electron chi connectivity index (χ2n) is 3.76. The Bertz CT molecular complexity index is 604. The average Bonchev–Trinajstić information content (AvgIpc) is 2.99. The molecule has 2 aromatic heterocycles. The van der Waals surface area contributed by atoms with Gasteiger partial charge in [-0.25, -0.2) is 13.1 Å². The van der Waals surface area contributed by atoms with Gasteiger partial charge in [-0.1, -0.05) is 0 Å². The van der Waals surface area contributed by atoms with Gasteiger partial charge >= 0.3 is 0 Å². The minimum atomic E-state index is -3.75. The lowest BCUT2D eigenvalue weighted by Gasteiger charge is -2.12. The van der Waals surface area contributed by atoms with Crippen LogP contribution in [0, 0.1) is 0 Å². The third-order valence-corrected chi connectivity index (χ3v) is 4.02. The highest BCUT2D eigenvalue weighted by molar-refractivity contribution is 7.89.